The van der Waals surface area contributed by atoms with E-state index in [9.17, 15) is 4.39 Å². The number of piperazine rings is 1. The number of rotatable bonds is 5. The molecule has 8 heteroatoms. The number of anilines is 1. The molecule has 0 unspecified atom stereocenters. The molecule has 3 rings (SSSR count). The second-order valence-corrected chi connectivity index (χ2v) is 6.30. The molecule has 1 N–H and O–H groups in total. The van der Waals surface area contributed by atoms with Crippen LogP contribution in [0.25, 0.3) is 0 Å². The summed E-state index contributed by atoms with van der Waals surface area (Å²) in [4.78, 5) is 13.3. The third kappa shape index (κ3) is 5.70. The monoisotopic (exact) mass is 499 g/mol. The molecule has 0 radical (unpaired) electrons. The number of nitrogens with one attached hydrogen (secondary N) is 1. The normalized spacial score (nSPS) is 14.5. The van der Waals surface area contributed by atoms with Gasteiger partial charge < -0.3 is 19.9 Å². The molecule has 1 aromatic heterocycles. The molecule has 2 aromatic rings. The summed E-state index contributed by atoms with van der Waals surface area (Å²) in [7, 11) is 1.60. The van der Waals surface area contributed by atoms with Gasteiger partial charge >= 0.3 is 0 Å². The summed E-state index contributed by atoms with van der Waals surface area (Å²) in [6, 6.07) is 10.7. The lowest BCUT2D eigenvalue weighted by molar-refractivity contribution is 0.370. The van der Waals surface area contributed by atoms with Gasteiger partial charge in [0.1, 0.15) is 5.82 Å². The van der Waals surface area contributed by atoms with Crippen molar-refractivity contribution in [2.24, 2.45) is 4.99 Å². The number of pyridine rings is 1. The highest BCUT2D eigenvalue weighted by molar-refractivity contribution is 14.0. The Morgan fingerprint density at radius 1 is 1.18 bits per heavy atom. The van der Waals surface area contributed by atoms with Gasteiger partial charge in [-0.15, -0.1) is 24.0 Å². The molecule has 6 nitrogen and oxygen atoms in total. The number of ether oxygens (including phenoxy) is 1. The smallest absolute Gasteiger partial charge is 0.212 e. The van der Waals surface area contributed by atoms with Gasteiger partial charge in [0, 0.05) is 45.0 Å². The van der Waals surface area contributed by atoms with E-state index in [2.05, 4.69) is 27.0 Å². The van der Waals surface area contributed by atoms with Crippen molar-refractivity contribution in [3.8, 4) is 5.88 Å². The fourth-order valence-electron chi connectivity index (χ4n) is 3.08. The van der Waals surface area contributed by atoms with E-state index in [1.54, 1.807) is 19.4 Å². The molecule has 1 aliphatic heterocycles. The SMILES string of the molecule is CCNC(=NCc1ccc(OC)nc1)N1CCN(c2ccccc2F)CC1.I. The lowest BCUT2D eigenvalue weighted by atomic mass is 10.2. The Balaban J connectivity index is 0.00000280. The number of halogens is 2. The van der Waals surface area contributed by atoms with E-state index < -0.39 is 0 Å². The van der Waals surface area contributed by atoms with Gasteiger partial charge in [0.25, 0.3) is 0 Å². The van der Waals surface area contributed by atoms with Crippen LogP contribution in [-0.4, -0.2) is 55.7 Å². The Morgan fingerprint density at radius 2 is 1.93 bits per heavy atom. The minimum atomic E-state index is -0.168. The van der Waals surface area contributed by atoms with Crippen LogP contribution in [0, 0.1) is 5.82 Å². The fraction of sp³-hybridized carbons (Fsp3) is 0.400. The first kappa shape index (κ1) is 22.2. The van der Waals surface area contributed by atoms with Gasteiger partial charge in [0.05, 0.1) is 19.3 Å². The minimum absolute atomic E-state index is 0. The average Bonchev–Trinajstić information content (AvgIpc) is 2.72. The van der Waals surface area contributed by atoms with Gasteiger partial charge in [-0.2, -0.15) is 0 Å². The van der Waals surface area contributed by atoms with E-state index in [1.165, 1.54) is 6.07 Å². The molecule has 1 aromatic carbocycles. The van der Waals surface area contributed by atoms with Crippen molar-refractivity contribution in [1.82, 2.24) is 15.2 Å². The van der Waals surface area contributed by atoms with Gasteiger partial charge in [0.15, 0.2) is 5.96 Å². The number of guanidine groups is 1. The Morgan fingerprint density at radius 3 is 2.54 bits per heavy atom. The quantitative estimate of drug-likeness (QED) is 0.390. The second-order valence-electron chi connectivity index (χ2n) is 6.30. The van der Waals surface area contributed by atoms with Crippen molar-refractivity contribution in [1.29, 1.82) is 0 Å². The van der Waals surface area contributed by atoms with Crippen molar-refractivity contribution in [3.63, 3.8) is 0 Å². The molecule has 152 valence electrons. The summed E-state index contributed by atoms with van der Waals surface area (Å²) in [5, 5.41) is 3.35. The van der Waals surface area contributed by atoms with Crippen LogP contribution in [0.1, 0.15) is 12.5 Å². The predicted octanol–water partition coefficient (Wildman–Crippen LogP) is 3.14. The fourth-order valence-corrected chi connectivity index (χ4v) is 3.08. The van der Waals surface area contributed by atoms with Crippen molar-refractivity contribution < 1.29 is 9.13 Å². The van der Waals surface area contributed by atoms with E-state index >= 15 is 0 Å². The Labute approximate surface area is 182 Å². The van der Waals surface area contributed by atoms with Crippen LogP contribution in [0.4, 0.5) is 10.1 Å². The van der Waals surface area contributed by atoms with Crippen molar-refractivity contribution in [2.45, 2.75) is 13.5 Å². The summed E-state index contributed by atoms with van der Waals surface area (Å²) < 4.78 is 19.1. The highest BCUT2D eigenvalue weighted by Crippen LogP contribution is 2.20. The van der Waals surface area contributed by atoms with Gasteiger partial charge in [-0.25, -0.2) is 14.4 Å². The molecule has 0 spiro atoms. The third-order valence-corrected chi connectivity index (χ3v) is 4.53. The zero-order valence-corrected chi connectivity index (χ0v) is 18.6. The molecule has 2 heterocycles. The van der Waals surface area contributed by atoms with Crippen LogP contribution >= 0.6 is 24.0 Å². The summed E-state index contributed by atoms with van der Waals surface area (Å²) in [5.41, 5.74) is 1.69. The number of hydrogen-bond acceptors (Lipinski definition) is 4. The molecule has 0 saturated carbocycles. The maximum absolute atomic E-state index is 14.0. The van der Waals surface area contributed by atoms with Crippen LogP contribution in [0.5, 0.6) is 5.88 Å². The van der Waals surface area contributed by atoms with Crippen molar-refractivity contribution in [2.75, 3.05) is 44.7 Å². The van der Waals surface area contributed by atoms with Crippen LogP contribution in [0.15, 0.2) is 47.6 Å². The summed E-state index contributed by atoms with van der Waals surface area (Å²) in [6.07, 6.45) is 1.78. The largest absolute Gasteiger partial charge is 0.481 e. The molecular weight excluding hydrogens is 472 g/mol. The number of benzene rings is 1. The predicted molar refractivity (Wildman–Crippen MR) is 121 cm³/mol. The molecule has 0 bridgehead atoms. The Kier molecular flexibility index (Phi) is 8.75. The van der Waals surface area contributed by atoms with Gasteiger partial charge in [-0.3, -0.25) is 0 Å². The second kappa shape index (κ2) is 11.0. The maximum Gasteiger partial charge on any atom is 0.212 e. The Hall–Kier alpha value is -2.10. The summed E-state index contributed by atoms with van der Waals surface area (Å²) >= 11 is 0. The topological polar surface area (TPSA) is 53.0 Å². The van der Waals surface area contributed by atoms with Crippen LogP contribution < -0.4 is 15.0 Å². The average molecular weight is 499 g/mol. The number of nitrogens with zero attached hydrogens (tertiary/aromatic N) is 4. The van der Waals surface area contributed by atoms with E-state index in [4.69, 9.17) is 9.73 Å². The van der Waals surface area contributed by atoms with E-state index in [1.807, 2.05) is 24.3 Å². The zero-order valence-electron chi connectivity index (χ0n) is 16.3. The van der Waals surface area contributed by atoms with Crippen molar-refractivity contribution >= 4 is 35.6 Å². The number of para-hydroxylation sites is 1. The number of aliphatic imine (C=N–C) groups is 1. The maximum atomic E-state index is 14.0. The Bertz CT molecular complexity index is 763. The van der Waals surface area contributed by atoms with Gasteiger partial charge in [-0.1, -0.05) is 18.2 Å². The lowest BCUT2D eigenvalue weighted by Gasteiger charge is -2.37. The van der Waals surface area contributed by atoms with Gasteiger partial charge in [0.2, 0.25) is 5.88 Å². The lowest BCUT2D eigenvalue weighted by Crippen LogP contribution is -2.52. The first-order valence-corrected chi connectivity index (χ1v) is 9.23. The molecule has 0 amide bonds. The standard InChI is InChI=1S/C20H26FN5O.HI/c1-3-22-20(24-15-16-8-9-19(27-2)23-14-16)26-12-10-25(11-13-26)18-7-5-4-6-17(18)21;/h4-9,14H,3,10-13,15H2,1-2H3,(H,22,24);1H. The third-order valence-electron chi connectivity index (χ3n) is 4.53. The van der Waals surface area contributed by atoms with Crippen LogP contribution in [0.3, 0.4) is 0 Å². The van der Waals surface area contributed by atoms with E-state index in [-0.39, 0.29) is 29.8 Å². The molecule has 0 aliphatic carbocycles. The van der Waals surface area contributed by atoms with E-state index in [0.717, 1.165) is 44.2 Å². The first-order valence-electron chi connectivity index (χ1n) is 9.23. The molecule has 1 aliphatic rings. The molecule has 0 atom stereocenters. The minimum Gasteiger partial charge on any atom is -0.481 e. The molecular formula is C20H27FIN5O. The van der Waals surface area contributed by atoms with Gasteiger partial charge in [-0.05, 0) is 24.6 Å². The number of methoxy groups -OCH3 is 1. The highest BCUT2D eigenvalue weighted by Gasteiger charge is 2.21. The number of hydrogen-bond donors (Lipinski definition) is 1. The highest BCUT2D eigenvalue weighted by atomic mass is 127. The number of aromatic nitrogens is 1. The summed E-state index contributed by atoms with van der Waals surface area (Å²) in [6.45, 7) is 6.51. The van der Waals surface area contributed by atoms with Crippen LogP contribution in [-0.2, 0) is 6.54 Å². The summed E-state index contributed by atoms with van der Waals surface area (Å²) in [5.74, 6) is 1.30. The zero-order chi connectivity index (χ0) is 19.1. The molecule has 28 heavy (non-hydrogen) atoms. The molecule has 1 saturated heterocycles. The first-order chi connectivity index (χ1) is 13.2. The van der Waals surface area contributed by atoms with Crippen molar-refractivity contribution in [3.05, 3.63) is 54.0 Å². The molecule has 1 fully saturated rings. The van der Waals surface area contributed by atoms with Crippen LogP contribution in [0.2, 0.25) is 0 Å². The van der Waals surface area contributed by atoms with E-state index in [0.29, 0.717) is 18.1 Å².